The second-order valence-electron chi connectivity index (χ2n) is 4.83. The Hall–Kier alpha value is -2.69. The van der Waals surface area contributed by atoms with Crippen molar-refractivity contribution in [3.8, 4) is 0 Å². The largest absolute Gasteiger partial charge is 0.454 e. The van der Waals surface area contributed by atoms with Crippen molar-refractivity contribution in [2.45, 2.75) is 20.0 Å². The Balaban J connectivity index is 2.14. The van der Waals surface area contributed by atoms with Crippen molar-refractivity contribution in [1.29, 1.82) is 0 Å². The highest BCUT2D eigenvalue weighted by Gasteiger charge is 2.22. The van der Waals surface area contributed by atoms with Gasteiger partial charge < -0.3 is 4.74 Å². The number of carbonyl (C=O) groups is 3. The minimum atomic E-state index is -0.449. The van der Waals surface area contributed by atoms with Crippen LogP contribution in [0, 0.1) is 0 Å². The Morgan fingerprint density at radius 1 is 1.24 bits per heavy atom. The van der Waals surface area contributed by atoms with Crippen molar-refractivity contribution in [1.82, 2.24) is 5.32 Å². The van der Waals surface area contributed by atoms with E-state index in [0.717, 1.165) is 5.56 Å². The minimum absolute atomic E-state index is 0.332. The Kier molecular flexibility index (Phi) is 4.03. The first kappa shape index (κ1) is 14.7. The first-order valence-electron chi connectivity index (χ1n) is 6.42. The zero-order valence-corrected chi connectivity index (χ0v) is 11.8. The molecule has 1 aromatic carbocycles. The summed E-state index contributed by atoms with van der Waals surface area (Å²) in [5.74, 6) is -1.27. The van der Waals surface area contributed by atoms with Crippen molar-refractivity contribution in [3.63, 3.8) is 0 Å². The highest BCUT2D eigenvalue weighted by atomic mass is 16.5. The summed E-state index contributed by atoms with van der Waals surface area (Å²) in [6, 6.07) is 6.93. The second-order valence-corrected chi connectivity index (χ2v) is 4.83. The first-order chi connectivity index (χ1) is 9.88. The van der Waals surface area contributed by atoms with Gasteiger partial charge in [0.1, 0.15) is 6.10 Å². The van der Waals surface area contributed by atoms with E-state index in [0.29, 0.717) is 16.7 Å². The van der Waals surface area contributed by atoms with E-state index in [1.807, 2.05) is 0 Å². The van der Waals surface area contributed by atoms with E-state index >= 15 is 0 Å². The lowest BCUT2D eigenvalue weighted by atomic mass is 10.0. The third-order valence-electron chi connectivity index (χ3n) is 3.08. The molecule has 1 N–H and O–H groups in total. The number of rotatable bonds is 4. The maximum Gasteiger partial charge on any atom is 0.333 e. The number of esters is 1. The van der Waals surface area contributed by atoms with Crippen LogP contribution < -0.4 is 5.32 Å². The normalized spacial score (nSPS) is 15.2. The molecule has 0 saturated heterocycles. The molecule has 1 aliphatic heterocycles. The summed E-state index contributed by atoms with van der Waals surface area (Å²) in [4.78, 5) is 34.1. The Labute approximate surface area is 122 Å². The predicted molar refractivity (Wildman–Crippen MR) is 76.9 cm³/mol. The van der Waals surface area contributed by atoms with Gasteiger partial charge in [0.05, 0.1) is 5.57 Å². The first-order valence-corrected chi connectivity index (χ1v) is 6.42. The van der Waals surface area contributed by atoms with Crippen LogP contribution in [0.4, 0.5) is 0 Å². The average molecular weight is 285 g/mol. The van der Waals surface area contributed by atoms with Crippen molar-refractivity contribution >= 4 is 23.4 Å². The van der Waals surface area contributed by atoms with Gasteiger partial charge >= 0.3 is 5.97 Å². The van der Waals surface area contributed by atoms with Crippen LogP contribution in [-0.2, 0) is 19.1 Å². The fourth-order valence-electron chi connectivity index (χ4n) is 1.89. The molecule has 0 fully saturated rings. The molecular weight excluding hydrogens is 270 g/mol. The SMILES string of the molecule is C=C(C)C(=O)OC(C)c1ccc(C2=CC(=O)NC2=O)cc1. The van der Waals surface area contributed by atoms with Crippen LogP contribution >= 0.6 is 0 Å². The molecule has 2 rings (SSSR count). The van der Waals surface area contributed by atoms with E-state index in [2.05, 4.69) is 11.9 Å². The van der Waals surface area contributed by atoms with E-state index in [9.17, 15) is 14.4 Å². The zero-order valence-electron chi connectivity index (χ0n) is 11.8. The minimum Gasteiger partial charge on any atom is -0.454 e. The number of carbonyl (C=O) groups excluding carboxylic acids is 3. The van der Waals surface area contributed by atoms with Crippen LogP contribution in [0.3, 0.4) is 0 Å². The smallest absolute Gasteiger partial charge is 0.333 e. The quantitative estimate of drug-likeness (QED) is 0.521. The topological polar surface area (TPSA) is 72.5 Å². The van der Waals surface area contributed by atoms with E-state index in [1.165, 1.54) is 6.08 Å². The molecule has 2 amide bonds. The molecule has 0 aromatic heterocycles. The number of hydrogen-bond donors (Lipinski definition) is 1. The van der Waals surface area contributed by atoms with Gasteiger partial charge in [0.2, 0.25) is 0 Å². The summed E-state index contributed by atoms with van der Waals surface area (Å²) in [5, 5.41) is 2.19. The summed E-state index contributed by atoms with van der Waals surface area (Å²) < 4.78 is 5.21. The molecule has 5 nitrogen and oxygen atoms in total. The number of benzene rings is 1. The molecule has 0 aliphatic carbocycles. The highest BCUT2D eigenvalue weighted by molar-refractivity contribution is 6.33. The number of imide groups is 1. The van der Waals surface area contributed by atoms with Gasteiger partial charge in [-0.05, 0) is 25.0 Å². The fourth-order valence-corrected chi connectivity index (χ4v) is 1.89. The van der Waals surface area contributed by atoms with Crippen LogP contribution in [0.25, 0.3) is 5.57 Å². The van der Waals surface area contributed by atoms with Gasteiger partial charge in [-0.1, -0.05) is 30.8 Å². The third-order valence-corrected chi connectivity index (χ3v) is 3.08. The molecule has 1 aliphatic rings. The lowest BCUT2D eigenvalue weighted by Gasteiger charge is -2.14. The van der Waals surface area contributed by atoms with Crippen LogP contribution in [-0.4, -0.2) is 17.8 Å². The predicted octanol–water partition coefficient (Wildman–Crippen LogP) is 1.91. The molecule has 21 heavy (non-hydrogen) atoms. The van der Waals surface area contributed by atoms with E-state index in [-0.39, 0.29) is 0 Å². The highest BCUT2D eigenvalue weighted by Crippen LogP contribution is 2.23. The number of ether oxygens (including phenoxy) is 1. The van der Waals surface area contributed by atoms with Gasteiger partial charge in [-0.3, -0.25) is 14.9 Å². The Bertz CT molecular complexity index is 655. The molecule has 0 bridgehead atoms. The molecule has 1 heterocycles. The molecule has 0 saturated carbocycles. The summed E-state index contributed by atoms with van der Waals surface area (Å²) in [6.45, 7) is 6.86. The van der Waals surface area contributed by atoms with Crippen molar-refractivity contribution in [2.24, 2.45) is 0 Å². The fraction of sp³-hybridized carbons (Fsp3) is 0.188. The molecule has 0 spiro atoms. The molecule has 108 valence electrons. The maximum atomic E-state index is 11.5. The third kappa shape index (κ3) is 3.25. The number of nitrogens with one attached hydrogen (secondary N) is 1. The summed E-state index contributed by atoms with van der Waals surface area (Å²) in [7, 11) is 0. The van der Waals surface area contributed by atoms with Gasteiger partial charge in [0.15, 0.2) is 0 Å². The summed E-state index contributed by atoms with van der Waals surface area (Å²) >= 11 is 0. The standard InChI is InChI=1S/C16H15NO4/c1-9(2)16(20)21-10(3)11-4-6-12(7-5-11)13-8-14(18)17-15(13)19/h4-8,10H,1H2,2-3H3,(H,17,18,19). The van der Waals surface area contributed by atoms with E-state index in [4.69, 9.17) is 4.74 Å². The summed E-state index contributed by atoms with van der Waals surface area (Å²) in [5.41, 5.74) is 2.10. The lowest BCUT2D eigenvalue weighted by molar-refractivity contribution is -0.143. The monoisotopic (exact) mass is 285 g/mol. The van der Waals surface area contributed by atoms with Crippen LogP contribution in [0.1, 0.15) is 31.1 Å². The Morgan fingerprint density at radius 2 is 1.86 bits per heavy atom. The van der Waals surface area contributed by atoms with Gasteiger partial charge in [-0.2, -0.15) is 0 Å². The molecule has 5 heteroatoms. The number of hydrogen-bond acceptors (Lipinski definition) is 4. The molecule has 1 aromatic rings. The van der Waals surface area contributed by atoms with Crippen molar-refractivity contribution < 1.29 is 19.1 Å². The van der Waals surface area contributed by atoms with Crippen molar-refractivity contribution in [3.05, 3.63) is 53.6 Å². The van der Waals surface area contributed by atoms with Gasteiger partial charge in [-0.25, -0.2) is 4.79 Å². The zero-order chi connectivity index (χ0) is 15.6. The molecule has 1 atom stereocenters. The van der Waals surface area contributed by atoms with Gasteiger partial charge in [0.25, 0.3) is 11.8 Å². The molecule has 1 unspecified atom stereocenters. The van der Waals surface area contributed by atoms with Crippen LogP contribution in [0.2, 0.25) is 0 Å². The molecular formula is C16H15NO4. The van der Waals surface area contributed by atoms with Crippen molar-refractivity contribution in [2.75, 3.05) is 0 Å². The molecule has 0 radical (unpaired) electrons. The maximum absolute atomic E-state index is 11.5. The summed E-state index contributed by atoms with van der Waals surface area (Å²) in [6.07, 6.45) is 0.846. The Morgan fingerprint density at radius 3 is 2.33 bits per heavy atom. The van der Waals surface area contributed by atoms with Crippen LogP contribution in [0.5, 0.6) is 0 Å². The van der Waals surface area contributed by atoms with E-state index < -0.39 is 23.9 Å². The van der Waals surface area contributed by atoms with E-state index in [1.54, 1.807) is 38.1 Å². The van der Waals surface area contributed by atoms with Gasteiger partial charge in [0, 0.05) is 11.6 Å². The lowest BCUT2D eigenvalue weighted by Crippen LogP contribution is -2.21. The van der Waals surface area contributed by atoms with Crippen LogP contribution in [0.15, 0.2) is 42.5 Å². The van der Waals surface area contributed by atoms with Gasteiger partial charge in [-0.15, -0.1) is 0 Å². The second kappa shape index (κ2) is 5.75. The number of amides is 2. The average Bonchev–Trinajstić information content (AvgIpc) is 2.77.